The second-order valence-corrected chi connectivity index (χ2v) is 6.61. The Morgan fingerprint density at radius 1 is 1.27 bits per heavy atom. The van der Waals surface area contributed by atoms with E-state index < -0.39 is 35.8 Å². The molecular formula is C20H23F2N3O5. The Hall–Kier alpha value is -3.29. The van der Waals surface area contributed by atoms with E-state index in [0.29, 0.717) is 18.9 Å². The Morgan fingerprint density at radius 2 is 1.83 bits per heavy atom. The van der Waals surface area contributed by atoms with Crippen molar-refractivity contribution in [2.75, 3.05) is 0 Å². The Balaban J connectivity index is 0.00000218. The largest absolute Gasteiger partial charge is 0.381 e. The second kappa shape index (κ2) is 10.5. The van der Waals surface area contributed by atoms with Crippen molar-refractivity contribution in [1.82, 2.24) is 10.8 Å². The van der Waals surface area contributed by atoms with Crippen LogP contribution in [0, 0.1) is 23.7 Å². The first-order valence-electron chi connectivity index (χ1n) is 8.74. The summed E-state index contributed by atoms with van der Waals surface area (Å²) < 4.78 is 26.0. The van der Waals surface area contributed by atoms with Crippen LogP contribution in [-0.2, 0) is 9.59 Å². The van der Waals surface area contributed by atoms with E-state index in [1.165, 1.54) is 24.3 Å². The highest BCUT2D eigenvalue weighted by molar-refractivity contribution is 5.97. The molecule has 4 unspecified atom stereocenters. The van der Waals surface area contributed by atoms with Crippen LogP contribution >= 0.6 is 0 Å². The number of hydrogen-bond donors (Lipinski definition) is 5. The summed E-state index contributed by atoms with van der Waals surface area (Å²) in [4.78, 5) is 34.8. The number of rotatable bonds is 6. The number of aliphatic hydroxyl groups is 1. The van der Waals surface area contributed by atoms with Crippen LogP contribution in [0.3, 0.4) is 0 Å². The van der Waals surface area contributed by atoms with E-state index in [-0.39, 0.29) is 17.4 Å². The zero-order valence-electron chi connectivity index (χ0n) is 16.2. The number of carbonyl (C=O) groups excluding carboxylic acids is 3. The van der Waals surface area contributed by atoms with Crippen LogP contribution in [-0.4, -0.2) is 46.1 Å². The molecule has 1 aliphatic rings. The molecule has 8 nitrogen and oxygen atoms in total. The minimum atomic E-state index is -3.36. The number of hydroxylamine groups is 1. The zero-order chi connectivity index (χ0) is 23.1. The monoisotopic (exact) mass is 423 g/mol. The van der Waals surface area contributed by atoms with Gasteiger partial charge in [-0.25, -0.2) is 14.3 Å². The lowest BCUT2D eigenvalue weighted by molar-refractivity contribution is -0.149. The fourth-order valence-corrected chi connectivity index (χ4v) is 2.43. The summed E-state index contributed by atoms with van der Waals surface area (Å²) in [5.41, 5.74) is 3.97. The minimum Gasteiger partial charge on any atom is -0.381 e. The molecule has 0 spiro atoms. The number of hydrogen-bond acceptors (Lipinski definition) is 5. The number of alkyl halides is 2. The molecule has 0 saturated heterocycles. The molecule has 0 radical (unpaired) electrons. The van der Waals surface area contributed by atoms with E-state index >= 15 is 0 Å². The number of benzene rings is 1. The molecule has 1 saturated carbocycles. The summed E-state index contributed by atoms with van der Waals surface area (Å²) in [5.74, 6) is 2.70. The molecule has 10 heteroatoms. The summed E-state index contributed by atoms with van der Waals surface area (Å²) in [6.07, 6.45) is -2.75. The van der Waals surface area contributed by atoms with Crippen LogP contribution in [0.15, 0.2) is 37.4 Å². The van der Waals surface area contributed by atoms with Gasteiger partial charge in [-0.3, -0.25) is 19.6 Å². The van der Waals surface area contributed by atoms with E-state index in [1.54, 1.807) is 0 Å². The average Bonchev–Trinajstić information content (AvgIpc) is 3.51. The van der Waals surface area contributed by atoms with Crippen molar-refractivity contribution in [2.24, 2.45) is 17.6 Å². The molecule has 1 fully saturated rings. The Labute approximate surface area is 172 Å². The van der Waals surface area contributed by atoms with Gasteiger partial charge in [0.15, 0.2) is 5.60 Å². The lowest BCUT2D eigenvalue weighted by Gasteiger charge is -2.30. The maximum Gasteiger partial charge on any atom is 0.269 e. The summed E-state index contributed by atoms with van der Waals surface area (Å²) in [6.45, 7) is 6.66. The van der Waals surface area contributed by atoms with Crippen LogP contribution in [0.5, 0.6) is 0 Å². The van der Waals surface area contributed by atoms with Gasteiger partial charge in [0.2, 0.25) is 5.91 Å². The van der Waals surface area contributed by atoms with E-state index in [4.69, 9.17) is 10.9 Å². The summed E-state index contributed by atoms with van der Waals surface area (Å²) in [7, 11) is 0. The van der Waals surface area contributed by atoms with Crippen molar-refractivity contribution in [3.63, 3.8) is 0 Å². The van der Waals surface area contributed by atoms with Crippen molar-refractivity contribution in [2.45, 2.75) is 31.4 Å². The smallest absolute Gasteiger partial charge is 0.269 e. The standard InChI is InChI=1S/C18H19F2N3O5.C2H4/c1-18(27,17(19)20)13(16(26)23-28)22-15(25)10-5-2-9(3-6-10)4-7-11-8-12(11)14(21)24;1-2/h2-3,5-6,11-13,17,27-28H,8H2,1H3,(H2,21,24)(H,22,25)(H,23,26);1-2H2. The highest BCUT2D eigenvalue weighted by atomic mass is 19.3. The van der Waals surface area contributed by atoms with Gasteiger partial charge in [-0.05, 0) is 37.6 Å². The van der Waals surface area contributed by atoms with Crippen LogP contribution in [0.2, 0.25) is 0 Å². The van der Waals surface area contributed by atoms with Gasteiger partial charge in [-0.1, -0.05) is 11.8 Å². The molecule has 3 amide bonds. The summed E-state index contributed by atoms with van der Waals surface area (Å²) in [6, 6.07) is 3.60. The summed E-state index contributed by atoms with van der Waals surface area (Å²) in [5, 5.41) is 20.4. The molecule has 6 N–H and O–H groups in total. The van der Waals surface area contributed by atoms with Crippen molar-refractivity contribution in [1.29, 1.82) is 0 Å². The molecule has 1 aromatic rings. The van der Waals surface area contributed by atoms with Gasteiger partial charge in [-0.15, -0.1) is 13.2 Å². The lowest BCUT2D eigenvalue weighted by Crippen LogP contribution is -2.61. The van der Waals surface area contributed by atoms with Gasteiger partial charge in [0.1, 0.15) is 6.04 Å². The number of nitrogens with two attached hydrogens (primary N) is 1. The van der Waals surface area contributed by atoms with Crippen molar-refractivity contribution in [3.05, 3.63) is 48.6 Å². The SMILES string of the molecule is C=C.CC(O)(C(F)F)C(NC(=O)c1ccc(C#CC2CC2C(N)=O)cc1)C(=O)NO. The molecular weight excluding hydrogens is 400 g/mol. The minimum absolute atomic E-state index is 0.0211. The van der Waals surface area contributed by atoms with E-state index in [1.807, 2.05) is 5.32 Å². The molecule has 1 aromatic carbocycles. The summed E-state index contributed by atoms with van der Waals surface area (Å²) >= 11 is 0. The molecule has 2 rings (SSSR count). The van der Waals surface area contributed by atoms with Gasteiger partial charge in [0.25, 0.3) is 18.2 Å². The van der Waals surface area contributed by atoms with E-state index in [9.17, 15) is 28.3 Å². The average molecular weight is 423 g/mol. The Morgan fingerprint density at radius 3 is 2.27 bits per heavy atom. The Kier molecular flexibility index (Phi) is 8.64. The molecule has 0 aromatic heterocycles. The lowest BCUT2D eigenvalue weighted by atomic mass is 9.95. The van der Waals surface area contributed by atoms with Crippen molar-refractivity contribution < 1.29 is 33.5 Å². The van der Waals surface area contributed by atoms with Gasteiger partial charge in [-0.2, -0.15) is 0 Å². The maximum atomic E-state index is 13.0. The quantitative estimate of drug-likeness (QED) is 0.197. The fourth-order valence-electron chi connectivity index (χ4n) is 2.43. The third-order valence-corrected chi connectivity index (χ3v) is 4.38. The molecule has 0 aliphatic heterocycles. The Bertz CT molecular complexity index is 846. The normalized spacial score (nSPS) is 19.7. The molecule has 30 heavy (non-hydrogen) atoms. The first-order valence-corrected chi connectivity index (χ1v) is 8.74. The first-order chi connectivity index (χ1) is 14.1. The number of primary amides is 1. The van der Waals surface area contributed by atoms with E-state index in [0.717, 1.165) is 5.48 Å². The number of nitrogens with one attached hydrogen (secondary N) is 2. The van der Waals surface area contributed by atoms with Crippen molar-refractivity contribution >= 4 is 17.7 Å². The molecule has 4 atom stereocenters. The first kappa shape index (κ1) is 24.7. The van der Waals surface area contributed by atoms with Crippen LogP contribution in [0.25, 0.3) is 0 Å². The topological polar surface area (TPSA) is 142 Å². The van der Waals surface area contributed by atoms with Gasteiger partial charge in [0.05, 0.1) is 5.92 Å². The molecule has 1 aliphatic carbocycles. The van der Waals surface area contributed by atoms with Gasteiger partial charge < -0.3 is 16.2 Å². The second-order valence-electron chi connectivity index (χ2n) is 6.61. The predicted octanol–water partition coefficient (Wildman–Crippen LogP) is 0.582. The number of carbonyl (C=O) groups is 3. The van der Waals surface area contributed by atoms with Crippen LogP contribution in [0.4, 0.5) is 8.78 Å². The van der Waals surface area contributed by atoms with Gasteiger partial charge >= 0.3 is 0 Å². The maximum absolute atomic E-state index is 13.0. The molecule has 162 valence electrons. The fraction of sp³-hybridized carbons (Fsp3) is 0.350. The van der Waals surface area contributed by atoms with Crippen LogP contribution < -0.4 is 16.5 Å². The zero-order valence-corrected chi connectivity index (χ0v) is 16.2. The highest BCUT2D eigenvalue weighted by Gasteiger charge is 2.46. The predicted molar refractivity (Wildman–Crippen MR) is 103 cm³/mol. The number of amides is 3. The van der Waals surface area contributed by atoms with Gasteiger partial charge in [0, 0.05) is 17.0 Å². The third-order valence-electron chi connectivity index (χ3n) is 4.38. The van der Waals surface area contributed by atoms with Crippen molar-refractivity contribution in [3.8, 4) is 11.8 Å². The third kappa shape index (κ3) is 6.10. The molecule has 0 bridgehead atoms. The van der Waals surface area contributed by atoms with E-state index in [2.05, 4.69) is 25.0 Å². The number of halogens is 2. The highest BCUT2D eigenvalue weighted by Crippen LogP contribution is 2.37. The van der Waals surface area contributed by atoms with Crippen LogP contribution in [0.1, 0.15) is 29.3 Å². The molecule has 0 heterocycles.